The third-order valence-corrected chi connectivity index (χ3v) is 3.57. The Morgan fingerprint density at radius 2 is 2.18 bits per heavy atom. The fourth-order valence-electron chi connectivity index (χ4n) is 2.28. The summed E-state index contributed by atoms with van der Waals surface area (Å²) in [6.45, 7) is 1.96. The average Bonchev–Trinajstić information content (AvgIpc) is 2.68. The molecule has 17 heavy (non-hydrogen) atoms. The molecule has 1 aromatic heterocycles. The van der Waals surface area contributed by atoms with Gasteiger partial charge in [-0.25, -0.2) is 0 Å². The maximum Gasteiger partial charge on any atom is 0.270 e. The van der Waals surface area contributed by atoms with Crippen LogP contribution in [0.1, 0.15) is 23.3 Å². The van der Waals surface area contributed by atoms with Crippen molar-refractivity contribution in [1.82, 2.24) is 14.8 Å². The number of amides is 1. The van der Waals surface area contributed by atoms with Crippen molar-refractivity contribution in [2.45, 2.75) is 18.9 Å². The zero-order valence-corrected chi connectivity index (χ0v) is 11.0. The van der Waals surface area contributed by atoms with Crippen molar-refractivity contribution in [2.75, 3.05) is 20.1 Å². The Kier molecular flexibility index (Phi) is 3.74. The Bertz CT molecular complexity index is 410. The van der Waals surface area contributed by atoms with Gasteiger partial charge in [0.1, 0.15) is 5.69 Å². The lowest BCUT2D eigenvalue weighted by atomic mass is 10.1. The van der Waals surface area contributed by atoms with E-state index in [4.69, 9.17) is 11.6 Å². The van der Waals surface area contributed by atoms with Crippen LogP contribution in [0.5, 0.6) is 0 Å². The summed E-state index contributed by atoms with van der Waals surface area (Å²) in [5.74, 6) is 0.0475. The summed E-state index contributed by atoms with van der Waals surface area (Å²) in [7, 11) is 3.72. The molecule has 2 heterocycles. The van der Waals surface area contributed by atoms with Crippen molar-refractivity contribution in [1.29, 1.82) is 0 Å². The molecule has 1 aliphatic rings. The van der Waals surface area contributed by atoms with Gasteiger partial charge in [-0.1, -0.05) is 11.6 Å². The van der Waals surface area contributed by atoms with Crippen molar-refractivity contribution in [3.05, 3.63) is 23.0 Å². The van der Waals surface area contributed by atoms with Gasteiger partial charge >= 0.3 is 0 Å². The van der Waals surface area contributed by atoms with Crippen LogP contribution in [-0.4, -0.2) is 41.6 Å². The number of nitrogens with zero attached hydrogens (tertiary/aromatic N) is 2. The molecule has 0 atom stereocenters. The van der Waals surface area contributed by atoms with Gasteiger partial charge in [-0.05, 0) is 32.0 Å². The number of rotatable bonds is 2. The first kappa shape index (κ1) is 12.5. The molecule has 1 saturated heterocycles. The molecule has 1 fully saturated rings. The summed E-state index contributed by atoms with van der Waals surface area (Å²) in [5.41, 5.74) is 0.649. The SMILES string of the molecule is CN(C(=O)c1cc(Cl)cn1C)C1CCNCC1. The summed E-state index contributed by atoms with van der Waals surface area (Å²) >= 11 is 5.90. The number of piperidine rings is 1. The van der Waals surface area contributed by atoms with E-state index in [2.05, 4.69) is 5.32 Å². The molecule has 0 aromatic carbocycles. The van der Waals surface area contributed by atoms with Crippen LogP contribution in [0.15, 0.2) is 12.3 Å². The van der Waals surface area contributed by atoms with Crippen LogP contribution < -0.4 is 5.32 Å². The Morgan fingerprint density at radius 1 is 1.53 bits per heavy atom. The summed E-state index contributed by atoms with van der Waals surface area (Å²) in [4.78, 5) is 14.1. The van der Waals surface area contributed by atoms with E-state index in [1.807, 2.05) is 19.0 Å². The molecule has 1 aliphatic heterocycles. The first-order valence-corrected chi connectivity index (χ1v) is 6.27. The van der Waals surface area contributed by atoms with Gasteiger partial charge in [0.05, 0.1) is 5.02 Å². The fraction of sp³-hybridized carbons (Fsp3) is 0.583. The second-order valence-corrected chi connectivity index (χ2v) is 4.99. The molecule has 1 aromatic rings. The smallest absolute Gasteiger partial charge is 0.270 e. The van der Waals surface area contributed by atoms with Crippen molar-refractivity contribution < 1.29 is 4.79 Å². The zero-order valence-electron chi connectivity index (χ0n) is 10.2. The minimum absolute atomic E-state index is 0.0475. The van der Waals surface area contributed by atoms with Gasteiger partial charge in [0.15, 0.2) is 0 Å². The molecule has 5 heteroatoms. The number of hydrogen-bond donors (Lipinski definition) is 1. The Labute approximate surface area is 107 Å². The van der Waals surface area contributed by atoms with Crippen LogP contribution in [0.25, 0.3) is 0 Å². The van der Waals surface area contributed by atoms with Crippen molar-refractivity contribution in [3.63, 3.8) is 0 Å². The third-order valence-electron chi connectivity index (χ3n) is 3.37. The van der Waals surface area contributed by atoms with E-state index in [0.29, 0.717) is 16.8 Å². The molecule has 0 unspecified atom stereocenters. The lowest BCUT2D eigenvalue weighted by Gasteiger charge is -2.31. The molecule has 0 aliphatic carbocycles. The quantitative estimate of drug-likeness (QED) is 0.870. The van der Waals surface area contributed by atoms with Crippen LogP contribution in [0.4, 0.5) is 0 Å². The van der Waals surface area contributed by atoms with E-state index in [0.717, 1.165) is 25.9 Å². The van der Waals surface area contributed by atoms with Gasteiger partial charge in [-0.2, -0.15) is 0 Å². The lowest BCUT2D eigenvalue weighted by Crippen LogP contribution is -2.44. The highest BCUT2D eigenvalue weighted by Crippen LogP contribution is 2.17. The topological polar surface area (TPSA) is 37.3 Å². The second kappa shape index (κ2) is 5.10. The van der Waals surface area contributed by atoms with Crippen LogP contribution in [0.2, 0.25) is 5.02 Å². The number of carbonyl (C=O) groups is 1. The third kappa shape index (κ3) is 2.64. The molecule has 0 saturated carbocycles. The highest BCUT2D eigenvalue weighted by atomic mass is 35.5. The minimum Gasteiger partial charge on any atom is -0.345 e. The molecule has 0 spiro atoms. The van der Waals surface area contributed by atoms with E-state index in [1.54, 1.807) is 16.8 Å². The largest absolute Gasteiger partial charge is 0.345 e. The fourth-order valence-corrected chi connectivity index (χ4v) is 2.53. The molecule has 94 valence electrons. The second-order valence-electron chi connectivity index (χ2n) is 4.55. The normalized spacial score (nSPS) is 17.1. The highest BCUT2D eigenvalue weighted by Gasteiger charge is 2.24. The van der Waals surface area contributed by atoms with Gasteiger partial charge in [-0.3, -0.25) is 4.79 Å². The highest BCUT2D eigenvalue weighted by molar-refractivity contribution is 6.31. The van der Waals surface area contributed by atoms with Crippen molar-refractivity contribution in [2.24, 2.45) is 7.05 Å². The number of aromatic nitrogens is 1. The van der Waals surface area contributed by atoms with E-state index < -0.39 is 0 Å². The first-order chi connectivity index (χ1) is 8.09. The molecule has 0 radical (unpaired) electrons. The lowest BCUT2D eigenvalue weighted by molar-refractivity contribution is 0.0693. The summed E-state index contributed by atoms with van der Waals surface area (Å²) < 4.78 is 1.78. The summed E-state index contributed by atoms with van der Waals surface area (Å²) in [6.07, 6.45) is 3.78. The Balaban J connectivity index is 2.11. The summed E-state index contributed by atoms with van der Waals surface area (Å²) in [6, 6.07) is 2.05. The number of nitrogens with one attached hydrogen (secondary N) is 1. The van der Waals surface area contributed by atoms with Gasteiger partial charge in [-0.15, -0.1) is 0 Å². The number of carbonyl (C=O) groups excluding carboxylic acids is 1. The minimum atomic E-state index is 0.0475. The van der Waals surface area contributed by atoms with Gasteiger partial charge in [0, 0.05) is 26.3 Å². The zero-order chi connectivity index (χ0) is 12.4. The predicted molar refractivity (Wildman–Crippen MR) is 68.4 cm³/mol. The molecule has 1 N–H and O–H groups in total. The van der Waals surface area contributed by atoms with Crippen LogP contribution in [-0.2, 0) is 7.05 Å². The molecular formula is C12H18ClN3O. The van der Waals surface area contributed by atoms with Crippen LogP contribution in [0.3, 0.4) is 0 Å². The van der Waals surface area contributed by atoms with Gasteiger partial charge in [0.2, 0.25) is 0 Å². The van der Waals surface area contributed by atoms with E-state index >= 15 is 0 Å². The monoisotopic (exact) mass is 255 g/mol. The summed E-state index contributed by atoms with van der Waals surface area (Å²) in [5, 5.41) is 3.91. The average molecular weight is 256 g/mol. The predicted octanol–water partition coefficient (Wildman–Crippen LogP) is 1.50. The van der Waals surface area contributed by atoms with Gasteiger partial charge < -0.3 is 14.8 Å². The van der Waals surface area contributed by atoms with Crippen molar-refractivity contribution in [3.8, 4) is 0 Å². The Hall–Kier alpha value is -1.00. The number of hydrogen-bond acceptors (Lipinski definition) is 2. The van der Waals surface area contributed by atoms with E-state index in [1.165, 1.54) is 0 Å². The Morgan fingerprint density at radius 3 is 2.71 bits per heavy atom. The maximum atomic E-state index is 12.3. The molecule has 0 bridgehead atoms. The van der Waals surface area contributed by atoms with Crippen LogP contribution in [0, 0.1) is 0 Å². The van der Waals surface area contributed by atoms with Crippen LogP contribution >= 0.6 is 11.6 Å². The number of aryl methyl sites for hydroxylation is 1. The first-order valence-electron chi connectivity index (χ1n) is 5.89. The molecule has 4 nitrogen and oxygen atoms in total. The van der Waals surface area contributed by atoms with E-state index in [-0.39, 0.29) is 5.91 Å². The molecule has 2 rings (SSSR count). The standard InChI is InChI=1S/C12H18ClN3O/c1-15-8-9(13)7-11(15)12(17)16(2)10-3-5-14-6-4-10/h7-8,10,14H,3-6H2,1-2H3. The van der Waals surface area contributed by atoms with Crippen molar-refractivity contribution >= 4 is 17.5 Å². The molecular weight excluding hydrogens is 238 g/mol. The maximum absolute atomic E-state index is 12.3. The number of halogens is 1. The van der Waals surface area contributed by atoms with Gasteiger partial charge in [0.25, 0.3) is 5.91 Å². The van der Waals surface area contributed by atoms with E-state index in [9.17, 15) is 4.79 Å². The molecule has 1 amide bonds.